The average Bonchev–Trinajstić information content (AvgIpc) is 3.22. The minimum Gasteiger partial charge on any atom is -0.449 e. The molecule has 33 heavy (non-hydrogen) atoms. The molecule has 0 fully saturated rings. The van der Waals surface area contributed by atoms with Crippen LogP contribution in [0, 0.1) is 26.6 Å². The molecule has 4 rings (SSSR count). The van der Waals surface area contributed by atoms with Gasteiger partial charge in [0, 0.05) is 29.1 Å². The number of anilines is 1. The highest BCUT2D eigenvalue weighted by molar-refractivity contribution is 6.35. The lowest BCUT2D eigenvalue weighted by atomic mass is 10.1. The van der Waals surface area contributed by atoms with Crippen LogP contribution in [-0.4, -0.2) is 21.7 Å². The van der Waals surface area contributed by atoms with Crippen molar-refractivity contribution in [2.75, 3.05) is 5.32 Å². The number of esters is 1. The fourth-order valence-electron chi connectivity index (χ4n) is 3.65. The van der Waals surface area contributed by atoms with Crippen molar-refractivity contribution in [3.63, 3.8) is 0 Å². The van der Waals surface area contributed by atoms with Crippen molar-refractivity contribution in [1.29, 1.82) is 0 Å². The Bertz CT molecular complexity index is 1410. The number of rotatable bonds is 5. The van der Waals surface area contributed by atoms with Gasteiger partial charge in [0.1, 0.15) is 11.5 Å². The topological polar surface area (TPSA) is 86.4 Å². The van der Waals surface area contributed by atoms with Gasteiger partial charge in [-0.2, -0.15) is 5.10 Å². The molecule has 1 N–H and O–H groups in total. The number of nitrogens with zero attached hydrogens (tertiary/aromatic N) is 2. The number of fused-ring (bicyclic) bond motifs is 1. The molecule has 0 spiro atoms. The lowest BCUT2D eigenvalue weighted by Gasteiger charge is -2.09. The first-order chi connectivity index (χ1) is 15.7. The van der Waals surface area contributed by atoms with Crippen molar-refractivity contribution >= 4 is 40.1 Å². The summed E-state index contributed by atoms with van der Waals surface area (Å²) in [5.41, 5.74) is 2.87. The molecule has 2 aromatic heterocycles. The van der Waals surface area contributed by atoms with Crippen LogP contribution in [0.2, 0.25) is 5.02 Å². The predicted octanol–water partition coefficient (Wildman–Crippen LogP) is 5.57. The van der Waals surface area contributed by atoms with E-state index < -0.39 is 17.7 Å². The molecule has 0 bridgehead atoms. The van der Waals surface area contributed by atoms with E-state index in [2.05, 4.69) is 10.4 Å². The Labute approximate surface area is 194 Å². The van der Waals surface area contributed by atoms with Crippen molar-refractivity contribution in [2.45, 2.75) is 34.2 Å². The van der Waals surface area contributed by atoms with Gasteiger partial charge in [0.15, 0.2) is 17.1 Å². The van der Waals surface area contributed by atoms with Gasteiger partial charge in [-0.3, -0.25) is 14.3 Å². The van der Waals surface area contributed by atoms with Gasteiger partial charge in [-0.1, -0.05) is 29.8 Å². The van der Waals surface area contributed by atoms with Gasteiger partial charge in [0.25, 0.3) is 5.91 Å². The van der Waals surface area contributed by atoms with E-state index >= 15 is 0 Å². The van der Waals surface area contributed by atoms with Crippen molar-refractivity contribution in [2.24, 2.45) is 0 Å². The van der Waals surface area contributed by atoms with E-state index in [0.29, 0.717) is 38.9 Å². The van der Waals surface area contributed by atoms with Crippen LogP contribution in [-0.2, 0) is 11.3 Å². The van der Waals surface area contributed by atoms with Crippen molar-refractivity contribution in [1.82, 2.24) is 9.78 Å². The Morgan fingerprint density at radius 2 is 1.97 bits per heavy atom. The summed E-state index contributed by atoms with van der Waals surface area (Å²) in [4.78, 5) is 24.0. The average molecular weight is 470 g/mol. The number of benzene rings is 2. The lowest BCUT2D eigenvalue weighted by molar-refractivity contribution is -0.131. The van der Waals surface area contributed by atoms with Crippen LogP contribution in [0.5, 0.6) is 5.75 Å². The van der Waals surface area contributed by atoms with E-state index in [4.69, 9.17) is 20.8 Å². The molecule has 2 aromatic carbocycles. The van der Waals surface area contributed by atoms with Gasteiger partial charge in [-0.25, -0.2) is 4.39 Å². The zero-order valence-electron chi connectivity index (χ0n) is 18.5. The lowest BCUT2D eigenvalue weighted by Crippen LogP contribution is -2.13. The van der Waals surface area contributed by atoms with Crippen LogP contribution in [0.3, 0.4) is 0 Å². The van der Waals surface area contributed by atoms with Crippen LogP contribution in [0.4, 0.5) is 10.1 Å². The Hall–Kier alpha value is -3.65. The third kappa shape index (κ3) is 4.34. The number of aromatic nitrogens is 2. The van der Waals surface area contributed by atoms with E-state index in [0.717, 1.165) is 5.39 Å². The number of para-hydroxylation sites is 1. The van der Waals surface area contributed by atoms with Crippen LogP contribution in [0.25, 0.3) is 11.0 Å². The monoisotopic (exact) mass is 469 g/mol. The SMILES string of the molecule is CC(=O)Oc1c(C)nn(Cc2ccc(NC(=O)c3oc4c(Cl)cccc4c3C)cc2F)c1C. The first kappa shape index (κ1) is 22.5. The van der Waals surface area contributed by atoms with Crippen LogP contribution >= 0.6 is 11.6 Å². The molecule has 0 radical (unpaired) electrons. The van der Waals surface area contributed by atoms with Crippen LogP contribution in [0.1, 0.15) is 40.0 Å². The second kappa shape index (κ2) is 8.71. The maximum Gasteiger partial charge on any atom is 0.308 e. The molecule has 170 valence electrons. The number of ether oxygens (including phenoxy) is 1. The molecule has 7 nitrogen and oxygen atoms in total. The highest BCUT2D eigenvalue weighted by Crippen LogP contribution is 2.31. The normalized spacial score (nSPS) is 11.1. The maximum absolute atomic E-state index is 14.8. The number of hydrogen-bond donors (Lipinski definition) is 1. The molecule has 0 aliphatic carbocycles. The number of aryl methyl sites for hydroxylation is 2. The first-order valence-electron chi connectivity index (χ1n) is 10.2. The standard InChI is InChI=1S/C24H21ClFN3O4/c1-12-18-6-5-7-19(25)23(18)33-21(12)24(31)27-17-9-8-16(20(26)10-17)11-29-14(3)22(13(2)28-29)32-15(4)30/h5-10H,11H2,1-4H3,(H,27,31). The zero-order valence-corrected chi connectivity index (χ0v) is 19.2. The molecule has 0 atom stereocenters. The second-order valence-corrected chi connectivity index (χ2v) is 8.09. The maximum atomic E-state index is 14.8. The highest BCUT2D eigenvalue weighted by atomic mass is 35.5. The summed E-state index contributed by atoms with van der Waals surface area (Å²) < 4.78 is 27.2. The number of hydrogen-bond acceptors (Lipinski definition) is 5. The molecule has 0 saturated carbocycles. The van der Waals surface area contributed by atoms with Gasteiger partial charge in [-0.05, 0) is 39.0 Å². The molecule has 0 aliphatic rings. The summed E-state index contributed by atoms with van der Waals surface area (Å²) in [5, 5.41) is 8.14. The molecule has 0 saturated heterocycles. The molecular formula is C24H21ClFN3O4. The van der Waals surface area contributed by atoms with Gasteiger partial charge < -0.3 is 14.5 Å². The van der Waals surface area contributed by atoms with Gasteiger partial charge in [0.2, 0.25) is 0 Å². The van der Waals surface area contributed by atoms with E-state index in [1.807, 2.05) is 6.07 Å². The summed E-state index contributed by atoms with van der Waals surface area (Å²) in [6.45, 7) is 6.66. The Morgan fingerprint density at radius 1 is 1.21 bits per heavy atom. The number of halogens is 2. The summed E-state index contributed by atoms with van der Waals surface area (Å²) in [5.74, 6) is -0.986. The van der Waals surface area contributed by atoms with Crippen LogP contribution in [0.15, 0.2) is 40.8 Å². The summed E-state index contributed by atoms with van der Waals surface area (Å²) in [7, 11) is 0. The predicted molar refractivity (Wildman–Crippen MR) is 122 cm³/mol. The molecule has 1 amide bonds. The molecule has 2 heterocycles. The molecular weight excluding hydrogens is 449 g/mol. The van der Waals surface area contributed by atoms with Crippen molar-refractivity contribution in [3.8, 4) is 5.75 Å². The highest BCUT2D eigenvalue weighted by Gasteiger charge is 2.20. The number of furan rings is 1. The third-order valence-corrected chi connectivity index (χ3v) is 5.61. The van der Waals surface area contributed by atoms with E-state index in [1.165, 1.54) is 13.0 Å². The van der Waals surface area contributed by atoms with Gasteiger partial charge in [-0.15, -0.1) is 0 Å². The fraction of sp³-hybridized carbons (Fsp3) is 0.208. The van der Waals surface area contributed by atoms with E-state index in [1.54, 1.807) is 49.7 Å². The Morgan fingerprint density at radius 3 is 2.64 bits per heavy atom. The second-order valence-electron chi connectivity index (χ2n) is 7.68. The third-order valence-electron chi connectivity index (χ3n) is 5.31. The van der Waals surface area contributed by atoms with Gasteiger partial charge in [0.05, 0.1) is 17.3 Å². The van der Waals surface area contributed by atoms with Crippen LogP contribution < -0.4 is 10.1 Å². The van der Waals surface area contributed by atoms with Crippen molar-refractivity contribution < 1.29 is 23.1 Å². The van der Waals surface area contributed by atoms with E-state index in [9.17, 15) is 14.0 Å². The van der Waals surface area contributed by atoms with Crippen molar-refractivity contribution in [3.05, 3.63) is 75.5 Å². The van der Waals surface area contributed by atoms with E-state index in [-0.39, 0.29) is 18.0 Å². The number of nitrogens with one attached hydrogen (secondary N) is 1. The summed E-state index contributed by atoms with van der Waals surface area (Å²) >= 11 is 6.15. The minimum atomic E-state index is -0.515. The fourth-order valence-corrected chi connectivity index (χ4v) is 3.87. The minimum absolute atomic E-state index is 0.114. The molecule has 9 heteroatoms. The summed E-state index contributed by atoms with van der Waals surface area (Å²) in [6.07, 6.45) is 0. The number of amides is 1. The molecule has 4 aromatic rings. The first-order valence-corrected chi connectivity index (χ1v) is 10.5. The largest absolute Gasteiger partial charge is 0.449 e. The van der Waals surface area contributed by atoms with Gasteiger partial charge >= 0.3 is 5.97 Å². The molecule has 0 aliphatic heterocycles. The number of carbonyl (C=O) groups is 2. The Balaban J connectivity index is 1.54. The summed E-state index contributed by atoms with van der Waals surface area (Å²) in [6, 6.07) is 9.67. The Kier molecular flexibility index (Phi) is 5.95. The zero-order chi connectivity index (χ0) is 23.9. The number of carbonyl (C=O) groups excluding carboxylic acids is 2. The molecule has 0 unspecified atom stereocenters. The smallest absolute Gasteiger partial charge is 0.308 e. The quantitative estimate of drug-likeness (QED) is 0.386.